The molecule has 0 amide bonds. The van der Waals surface area contributed by atoms with Crippen molar-refractivity contribution in [1.82, 2.24) is 5.32 Å². The normalized spacial score (nSPS) is 14.4. The summed E-state index contributed by atoms with van der Waals surface area (Å²) in [7, 11) is 0. The second-order valence-electron chi connectivity index (χ2n) is 3.20. The average Bonchev–Trinajstić information content (AvgIpc) is 2.88. The van der Waals surface area contributed by atoms with Crippen molar-refractivity contribution in [2.75, 3.05) is 0 Å². The SMILES string of the molecule is C1=C[N]C(c2ccc3sccc3c2)=C1. The predicted octanol–water partition coefficient (Wildman–Crippen LogP) is 3.37. The molecule has 2 heterocycles. The van der Waals surface area contributed by atoms with Gasteiger partial charge >= 0.3 is 0 Å². The van der Waals surface area contributed by atoms with Crippen LogP contribution >= 0.6 is 11.3 Å². The second kappa shape index (κ2) is 3.00. The van der Waals surface area contributed by atoms with Gasteiger partial charge in [0.1, 0.15) is 0 Å². The molecule has 1 nitrogen and oxygen atoms in total. The van der Waals surface area contributed by atoms with Gasteiger partial charge in [0.2, 0.25) is 0 Å². The maximum absolute atomic E-state index is 4.28. The smallest absolute Gasteiger partial charge is 0.0702 e. The summed E-state index contributed by atoms with van der Waals surface area (Å²) in [5.41, 5.74) is 2.25. The fourth-order valence-electron chi connectivity index (χ4n) is 1.60. The van der Waals surface area contributed by atoms with Crippen LogP contribution in [0.2, 0.25) is 0 Å². The number of fused-ring (bicyclic) bond motifs is 1. The molecule has 0 bridgehead atoms. The molecule has 1 radical (unpaired) electrons. The first-order valence-corrected chi connectivity index (χ1v) is 5.37. The lowest BCUT2D eigenvalue weighted by atomic mass is 10.1. The van der Waals surface area contributed by atoms with Crippen LogP contribution in [0.5, 0.6) is 0 Å². The Labute approximate surface area is 86.4 Å². The zero-order valence-electron chi connectivity index (χ0n) is 7.47. The molecule has 1 aromatic carbocycles. The van der Waals surface area contributed by atoms with Crippen molar-refractivity contribution in [2.45, 2.75) is 0 Å². The number of thiophene rings is 1. The highest BCUT2D eigenvalue weighted by Crippen LogP contribution is 2.25. The van der Waals surface area contributed by atoms with Gasteiger partial charge in [0.25, 0.3) is 0 Å². The van der Waals surface area contributed by atoms with Gasteiger partial charge in [-0.1, -0.05) is 6.07 Å². The first-order valence-electron chi connectivity index (χ1n) is 4.49. The van der Waals surface area contributed by atoms with Gasteiger partial charge in [0, 0.05) is 16.5 Å². The van der Waals surface area contributed by atoms with Crippen molar-refractivity contribution in [1.29, 1.82) is 0 Å². The van der Waals surface area contributed by atoms with Crippen LogP contribution in [0.25, 0.3) is 15.8 Å². The molecular weight excluding hydrogens is 190 g/mol. The van der Waals surface area contributed by atoms with Crippen LogP contribution < -0.4 is 5.32 Å². The third kappa shape index (κ3) is 1.16. The van der Waals surface area contributed by atoms with E-state index < -0.39 is 0 Å². The van der Waals surface area contributed by atoms with E-state index in [2.05, 4.69) is 35.0 Å². The van der Waals surface area contributed by atoms with E-state index in [0.717, 1.165) is 5.70 Å². The van der Waals surface area contributed by atoms with E-state index >= 15 is 0 Å². The Hall–Kier alpha value is -1.54. The minimum absolute atomic E-state index is 1.05. The summed E-state index contributed by atoms with van der Waals surface area (Å²) in [6, 6.07) is 8.62. The highest BCUT2D eigenvalue weighted by molar-refractivity contribution is 7.17. The highest BCUT2D eigenvalue weighted by Gasteiger charge is 2.04. The summed E-state index contributed by atoms with van der Waals surface area (Å²) in [6.07, 6.45) is 5.83. The number of hydrogen-bond acceptors (Lipinski definition) is 1. The monoisotopic (exact) mass is 198 g/mol. The molecule has 0 saturated carbocycles. The number of rotatable bonds is 1. The molecule has 67 valence electrons. The van der Waals surface area contributed by atoms with Crippen LogP contribution in [-0.4, -0.2) is 0 Å². The van der Waals surface area contributed by atoms with E-state index in [-0.39, 0.29) is 0 Å². The summed E-state index contributed by atoms with van der Waals surface area (Å²) in [6.45, 7) is 0. The van der Waals surface area contributed by atoms with Gasteiger partial charge in [-0.05, 0) is 41.1 Å². The molecule has 1 aliphatic heterocycles. The topological polar surface area (TPSA) is 14.1 Å². The van der Waals surface area contributed by atoms with E-state index in [1.54, 1.807) is 11.3 Å². The fraction of sp³-hybridized carbons (Fsp3) is 0. The molecule has 1 aliphatic rings. The molecule has 0 N–H and O–H groups in total. The fourth-order valence-corrected chi connectivity index (χ4v) is 2.37. The Kier molecular flexibility index (Phi) is 1.67. The lowest BCUT2D eigenvalue weighted by molar-refractivity contribution is 1.23. The molecule has 2 aromatic rings. The van der Waals surface area contributed by atoms with E-state index in [0.29, 0.717) is 0 Å². The average molecular weight is 198 g/mol. The Morgan fingerprint density at radius 1 is 1.14 bits per heavy atom. The molecule has 0 saturated heterocycles. The van der Waals surface area contributed by atoms with Crippen molar-refractivity contribution in [3.8, 4) is 0 Å². The van der Waals surface area contributed by atoms with Gasteiger partial charge in [0.15, 0.2) is 0 Å². The first-order chi connectivity index (χ1) is 6.93. The summed E-state index contributed by atoms with van der Waals surface area (Å²) in [5, 5.41) is 7.70. The second-order valence-corrected chi connectivity index (χ2v) is 4.14. The summed E-state index contributed by atoms with van der Waals surface area (Å²) < 4.78 is 1.33. The van der Waals surface area contributed by atoms with Crippen molar-refractivity contribution >= 4 is 27.1 Å². The Morgan fingerprint density at radius 2 is 2.14 bits per heavy atom. The lowest BCUT2D eigenvalue weighted by Crippen LogP contribution is -1.90. The van der Waals surface area contributed by atoms with Crippen LogP contribution in [0.15, 0.2) is 48.0 Å². The molecule has 0 aliphatic carbocycles. The van der Waals surface area contributed by atoms with Crippen LogP contribution in [-0.2, 0) is 0 Å². The number of benzene rings is 1. The Balaban J connectivity index is 2.13. The van der Waals surface area contributed by atoms with E-state index in [1.165, 1.54) is 15.6 Å². The van der Waals surface area contributed by atoms with Gasteiger partial charge in [-0.2, -0.15) is 0 Å². The van der Waals surface area contributed by atoms with Crippen LogP contribution in [0.1, 0.15) is 5.56 Å². The first kappa shape index (κ1) is 7.83. The number of hydrogen-bond donors (Lipinski definition) is 0. The predicted molar refractivity (Wildman–Crippen MR) is 61.1 cm³/mol. The van der Waals surface area contributed by atoms with Crippen molar-refractivity contribution in [2.24, 2.45) is 0 Å². The molecule has 2 heteroatoms. The number of nitrogens with zero attached hydrogens (tertiary/aromatic N) is 1. The van der Waals surface area contributed by atoms with E-state index in [4.69, 9.17) is 0 Å². The van der Waals surface area contributed by atoms with Crippen LogP contribution in [0.3, 0.4) is 0 Å². The molecule has 1 aromatic heterocycles. The summed E-state index contributed by atoms with van der Waals surface area (Å²) in [5.74, 6) is 0. The third-order valence-electron chi connectivity index (χ3n) is 2.30. The molecule has 14 heavy (non-hydrogen) atoms. The van der Waals surface area contributed by atoms with Crippen LogP contribution in [0.4, 0.5) is 0 Å². The highest BCUT2D eigenvalue weighted by atomic mass is 32.1. The zero-order chi connectivity index (χ0) is 9.38. The zero-order valence-corrected chi connectivity index (χ0v) is 8.29. The van der Waals surface area contributed by atoms with Crippen molar-refractivity contribution in [3.05, 3.63) is 53.6 Å². The molecular formula is C12H8NS. The standard InChI is InChI=1S/C12H8NS/c1-2-11(13-6-1)9-3-4-12-10(8-9)5-7-14-12/h1-8H. The van der Waals surface area contributed by atoms with E-state index in [1.807, 2.05) is 18.4 Å². The van der Waals surface area contributed by atoms with Crippen LogP contribution in [0, 0.1) is 0 Å². The maximum atomic E-state index is 4.28. The maximum Gasteiger partial charge on any atom is 0.0702 e. The lowest BCUT2D eigenvalue weighted by Gasteiger charge is -2.01. The third-order valence-corrected chi connectivity index (χ3v) is 3.20. The van der Waals surface area contributed by atoms with Gasteiger partial charge < -0.3 is 0 Å². The molecule has 3 rings (SSSR count). The van der Waals surface area contributed by atoms with Gasteiger partial charge in [-0.15, -0.1) is 11.3 Å². The van der Waals surface area contributed by atoms with Crippen molar-refractivity contribution < 1.29 is 0 Å². The van der Waals surface area contributed by atoms with Crippen molar-refractivity contribution in [3.63, 3.8) is 0 Å². The molecule has 0 atom stereocenters. The molecule has 0 unspecified atom stereocenters. The Morgan fingerprint density at radius 3 is 3.00 bits per heavy atom. The number of allylic oxidation sites excluding steroid dienone is 2. The van der Waals surface area contributed by atoms with E-state index in [9.17, 15) is 0 Å². The largest absolute Gasteiger partial charge is 0.256 e. The summed E-state index contributed by atoms with van der Waals surface area (Å²) >= 11 is 1.77. The quantitative estimate of drug-likeness (QED) is 0.667. The van der Waals surface area contributed by atoms with Gasteiger partial charge in [0.05, 0.1) is 5.70 Å². The molecule has 0 fully saturated rings. The Bertz CT molecular complexity index is 534. The summed E-state index contributed by atoms with van der Waals surface area (Å²) in [4.78, 5) is 0. The minimum Gasteiger partial charge on any atom is -0.256 e. The van der Waals surface area contributed by atoms with Gasteiger partial charge in [-0.25, -0.2) is 0 Å². The minimum atomic E-state index is 1.05. The molecule has 0 spiro atoms. The van der Waals surface area contributed by atoms with Gasteiger partial charge in [-0.3, -0.25) is 5.32 Å².